The second-order valence-corrected chi connectivity index (χ2v) is 5.39. The zero-order chi connectivity index (χ0) is 14.2. The smallest absolute Gasteiger partial charge is 0.233 e. The van der Waals surface area contributed by atoms with Crippen molar-refractivity contribution in [1.29, 1.82) is 0 Å². The van der Waals surface area contributed by atoms with Crippen molar-refractivity contribution in [3.63, 3.8) is 0 Å². The minimum absolute atomic E-state index is 0.210. The summed E-state index contributed by atoms with van der Waals surface area (Å²) >= 11 is 0. The average molecular weight is 261 g/mol. The van der Waals surface area contributed by atoms with Gasteiger partial charge in [-0.15, -0.1) is 0 Å². The fourth-order valence-corrected chi connectivity index (χ4v) is 2.52. The molecule has 0 aromatic heterocycles. The predicted octanol–water partition coefficient (Wildman–Crippen LogP) is 1.54. The van der Waals surface area contributed by atoms with Crippen LogP contribution in [0.25, 0.3) is 0 Å². The number of hydrogen-bond donors (Lipinski definition) is 1. The zero-order valence-corrected chi connectivity index (χ0v) is 11.5. The first-order chi connectivity index (χ1) is 8.93. The van der Waals surface area contributed by atoms with Gasteiger partial charge in [-0.25, -0.2) is 0 Å². The molecule has 0 saturated carbocycles. The molecule has 1 heterocycles. The van der Waals surface area contributed by atoms with Crippen LogP contribution in [0, 0.1) is 11.8 Å². The van der Waals surface area contributed by atoms with Gasteiger partial charge in [-0.05, 0) is 12.5 Å². The van der Waals surface area contributed by atoms with E-state index in [0.717, 1.165) is 5.56 Å². The normalized spacial score (nSPS) is 26.6. The third kappa shape index (κ3) is 1.96. The van der Waals surface area contributed by atoms with E-state index in [0.29, 0.717) is 0 Å². The Balaban J connectivity index is 2.48. The van der Waals surface area contributed by atoms with Gasteiger partial charge in [0.15, 0.2) is 0 Å². The molecule has 3 unspecified atom stereocenters. The molecule has 4 nitrogen and oxygen atoms in total. The van der Waals surface area contributed by atoms with Crippen LogP contribution in [-0.4, -0.2) is 28.4 Å². The quantitative estimate of drug-likeness (QED) is 0.840. The van der Waals surface area contributed by atoms with Crippen LogP contribution in [0.2, 0.25) is 0 Å². The van der Waals surface area contributed by atoms with Gasteiger partial charge in [-0.1, -0.05) is 44.2 Å². The van der Waals surface area contributed by atoms with Crippen molar-refractivity contribution >= 4 is 11.8 Å². The van der Waals surface area contributed by atoms with E-state index < -0.39 is 5.54 Å². The van der Waals surface area contributed by atoms with E-state index in [1.165, 1.54) is 4.90 Å². The summed E-state index contributed by atoms with van der Waals surface area (Å²) in [5, 5.41) is 9.76. The molecule has 0 spiro atoms. The van der Waals surface area contributed by atoms with Gasteiger partial charge in [0.05, 0.1) is 12.1 Å². The van der Waals surface area contributed by atoms with Crippen LogP contribution in [0.1, 0.15) is 26.3 Å². The molecule has 1 aromatic carbocycles. The summed E-state index contributed by atoms with van der Waals surface area (Å²) in [5.74, 6) is -1.08. The highest BCUT2D eigenvalue weighted by Gasteiger charge is 2.50. The number of imide groups is 1. The third-order valence-corrected chi connectivity index (χ3v) is 4.17. The number of aliphatic hydroxyl groups is 1. The van der Waals surface area contributed by atoms with Crippen molar-refractivity contribution in [3.8, 4) is 0 Å². The van der Waals surface area contributed by atoms with Gasteiger partial charge in [0.2, 0.25) is 11.8 Å². The lowest BCUT2D eigenvalue weighted by atomic mass is 9.91. The first-order valence-electron chi connectivity index (χ1n) is 6.47. The molecular formula is C15H19NO3. The molecule has 19 heavy (non-hydrogen) atoms. The summed E-state index contributed by atoms with van der Waals surface area (Å²) in [6, 6.07) is 9.18. The van der Waals surface area contributed by atoms with Gasteiger partial charge in [-0.2, -0.15) is 0 Å². The van der Waals surface area contributed by atoms with Crippen molar-refractivity contribution in [1.82, 2.24) is 4.90 Å². The monoisotopic (exact) mass is 261 g/mol. The first kappa shape index (κ1) is 13.7. The second-order valence-electron chi connectivity index (χ2n) is 5.39. The Hall–Kier alpha value is -1.68. The number of likely N-dealkylation sites (tertiary alicyclic amines) is 1. The fraction of sp³-hybridized carbons (Fsp3) is 0.467. The molecule has 1 fully saturated rings. The Morgan fingerprint density at radius 1 is 1.11 bits per heavy atom. The van der Waals surface area contributed by atoms with Gasteiger partial charge in [-0.3, -0.25) is 14.5 Å². The third-order valence-electron chi connectivity index (χ3n) is 4.17. The molecular weight excluding hydrogens is 242 g/mol. The average Bonchev–Trinajstić information content (AvgIpc) is 2.63. The number of rotatable bonds is 3. The summed E-state index contributed by atoms with van der Waals surface area (Å²) in [5.41, 5.74) is -0.227. The SMILES string of the molecule is CC1C(=O)N(C(C)(CO)c2ccccc2)C(=O)C1C. The molecule has 1 aliphatic heterocycles. The Kier molecular flexibility index (Phi) is 3.45. The molecule has 0 radical (unpaired) electrons. The van der Waals surface area contributed by atoms with Gasteiger partial charge < -0.3 is 5.11 Å². The van der Waals surface area contributed by atoms with E-state index >= 15 is 0 Å². The predicted molar refractivity (Wildman–Crippen MR) is 71.1 cm³/mol. The molecule has 102 valence electrons. The molecule has 4 heteroatoms. The highest BCUT2D eigenvalue weighted by Crippen LogP contribution is 2.37. The van der Waals surface area contributed by atoms with E-state index in [1.54, 1.807) is 20.8 Å². The lowest BCUT2D eigenvalue weighted by Crippen LogP contribution is -2.50. The van der Waals surface area contributed by atoms with Crippen LogP contribution >= 0.6 is 0 Å². The van der Waals surface area contributed by atoms with Crippen LogP contribution in [0.4, 0.5) is 0 Å². The fourth-order valence-electron chi connectivity index (χ4n) is 2.52. The minimum Gasteiger partial charge on any atom is -0.394 e. The Morgan fingerprint density at radius 3 is 2.00 bits per heavy atom. The number of nitrogens with zero attached hydrogens (tertiary/aromatic N) is 1. The first-order valence-corrected chi connectivity index (χ1v) is 6.47. The summed E-state index contributed by atoms with van der Waals surface area (Å²) in [7, 11) is 0. The molecule has 1 aliphatic rings. The van der Waals surface area contributed by atoms with Crippen molar-refractivity contribution in [3.05, 3.63) is 35.9 Å². The maximum absolute atomic E-state index is 12.3. The van der Waals surface area contributed by atoms with Crippen LogP contribution in [-0.2, 0) is 15.1 Å². The van der Waals surface area contributed by atoms with E-state index in [4.69, 9.17) is 0 Å². The lowest BCUT2D eigenvalue weighted by Gasteiger charge is -2.36. The second kappa shape index (κ2) is 4.78. The van der Waals surface area contributed by atoms with Crippen molar-refractivity contribution in [2.45, 2.75) is 26.3 Å². The summed E-state index contributed by atoms with van der Waals surface area (Å²) in [6.45, 7) is 4.96. The van der Waals surface area contributed by atoms with E-state index in [2.05, 4.69) is 0 Å². The molecule has 0 aliphatic carbocycles. The molecule has 1 aromatic rings. The van der Waals surface area contributed by atoms with Crippen molar-refractivity contribution < 1.29 is 14.7 Å². The minimum atomic E-state index is -0.992. The van der Waals surface area contributed by atoms with Crippen LogP contribution < -0.4 is 0 Å². The standard InChI is InChI=1S/C15H19NO3/c1-10-11(2)14(19)16(13(10)18)15(3,9-17)12-7-5-4-6-8-12/h4-8,10-11,17H,9H2,1-3H3. The highest BCUT2D eigenvalue weighted by molar-refractivity contribution is 6.05. The molecule has 1 saturated heterocycles. The molecule has 2 rings (SSSR count). The van der Waals surface area contributed by atoms with E-state index in [1.807, 2.05) is 30.3 Å². The van der Waals surface area contributed by atoms with Crippen molar-refractivity contribution in [2.24, 2.45) is 11.8 Å². The maximum atomic E-state index is 12.3. The van der Waals surface area contributed by atoms with Crippen LogP contribution in [0.5, 0.6) is 0 Å². The summed E-state index contributed by atoms with van der Waals surface area (Å²) < 4.78 is 0. The number of amides is 2. The van der Waals surface area contributed by atoms with Gasteiger partial charge in [0, 0.05) is 11.8 Å². The Morgan fingerprint density at radius 2 is 1.58 bits per heavy atom. The summed E-state index contributed by atoms with van der Waals surface area (Å²) in [4.78, 5) is 25.8. The topological polar surface area (TPSA) is 57.6 Å². The summed E-state index contributed by atoms with van der Waals surface area (Å²) in [6.07, 6.45) is 0. The Labute approximate surface area is 113 Å². The molecule has 2 amide bonds. The number of carbonyl (C=O) groups is 2. The molecule has 0 bridgehead atoms. The Bertz CT molecular complexity index is 479. The number of carbonyl (C=O) groups excluding carboxylic acids is 2. The molecule has 3 atom stereocenters. The number of benzene rings is 1. The molecule has 1 N–H and O–H groups in total. The largest absolute Gasteiger partial charge is 0.394 e. The van der Waals surface area contributed by atoms with E-state index in [9.17, 15) is 14.7 Å². The number of aliphatic hydroxyl groups excluding tert-OH is 1. The lowest BCUT2D eigenvalue weighted by molar-refractivity contribution is -0.149. The van der Waals surface area contributed by atoms with Gasteiger partial charge in [0.25, 0.3) is 0 Å². The van der Waals surface area contributed by atoms with E-state index in [-0.39, 0.29) is 30.3 Å². The van der Waals surface area contributed by atoms with Gasteiger partial charge in [0.1, 0.15) is 0 Å². The zero-order valence-electron chi connectivity index (χ0n) is 11.5. The maximum Gasteiger partial charge on any atom is 0.233 e. The number of hydrogen-bond acceptors (Lipinski definition) is 3. The highest BCUT2D eigenvalue weighted by atomic mass is 16.3. The van der Waals surface area contributed by atoms with Crippen LogP contribution in [0.3, 0.4) is 0 Å². The van der Waals surface area contributed by atoms with Crippen molar-refractivity contribution in [2.75, 3.05) is 6.61 Å². The van der Waals surface area contributed by atoms with Crippen LogP contribution in [0.15, 0.2) is 30.3 Å². The van der Waals surface area contributed by atoms with Gasteiger partial charge >= 0.3 is 0 Å².